The fourth-order valence-corrected chi connectivity index (χ4v) is 3.78. The van der Waals surface area contributed by atoms with Crippen molar-refractivity contribution in [2.24, 2.45) is 0 Å². The zero-order valence-corrected chi connectivity index (χ0v) is 12.6. The molecule has 0 spiro atoms. The van der Waals surface area contributed by atoms with Gasteiger partial charge in [-0.2, -0.15) is 0 Å². The van der Waals surface area contributed by atoms with Crippen molar-refractivity contribution in [2.45, 2.75) is 58.6 Å². The van der Waals surface area contributed by atoms with Gasteiger partial charge < -0.3 is 10.1 Å². The molecule has 0 aromatic carbocycles. The first-order chi connectivity index (χ1) is 8.70. The second-order valence-corrected chi connectivity index (χ2v) is 6.46. The van der Waals surface area contributed by atoms with E-state index in [0.29, 0.717) is 12.1 Å². The van der Waals surface area contributed by atoms with E-state index in [0.717, 1.165) is 13.2 Å². The van der Waals surface area contributed by atoms with Crippen LogP contribution >= 0.6 is 11.3 Å². The highest BCUT2D eigenvalue weighted by molar-refractivity contribution is 7.12. The van der Waals surface area contributed by atoms with Gasteiger partial charge in [-0.3, -0.25) is 0 Å². The van der Waals surface area contributed by atoms with Gasteiger partial charge in [0.05, 0.1) is 18.8 Å². The molecule has 1 aromatic rings. The van der Waals surface area contributed by atoms with Crippen LogP contribution in [0.1, 0.15) is 55.0 Å². The molecule has 0 amide bonds. The van der Waals surface area contributed by atoms with Gasteiger partial charge in [0, 0.05) is 9.75 Å². The number of ether oxygens (including phenoxy) is 1. The van der Waals surface area contributed by atoms with Crippen molar-refractivity contribution in [3.63, 3.8) is 0 Å². The predicted octanol–water partition coefficient (Wildman–Crippen LogP) is 3.70. The molecule has 1 aliphatic rings. The third kappa shape index (κ3) is 3.56. The van der Waals surface area contributed by atoms with Crippen LogP contribution in [0.5, 0.6) is 0 Å². The Labute approximate surface area is 115 Å². The molecular formula is C15H25NOS. The Bertz CT molecular complexity index is 349. The van der Waals surface area contributed by atoms with Crippen LogP contribution in [0.3, 0.4) is 0 Å². The van der Waals surface area contributed by atoms with Gasteiger partial charge >= 0.3 is 0 Å². The smallest absolute Gasteiger partial charge is 0.0672 e. The maximum Gasteiger partial charge on any atom is 0.0672 e. The first-order valence-electron chi connectivity index (χ1n) is 7.17. The highest BCUT2D eigenvalue weighted by Gasteiger charge is 2.19. The van der Waals surface area contributed by atoms with Crippen molar-refractivity contribution < 1.29 is 4.74 Å². The fraction of sp³-hybridized carbons (Fsp3) is 0.733. The third-order valence-electron chi connectivity index (χ3n) is 3.41. The van der Waals surface area contributed by atoms with Gasteiger partial charge in [0.1, 0.15) is 0 Å². The molecule has 2 nitrogen and oxygen atoms in total. The average molecular weight is 267 g/mol. The van der Waals surface area contributed by atoms with Crippen molar-refractivity contribution in [2.75, 3.05) is 13.2 Å². The molecule has 0 radical (unpaired) electrons. The van der Waals surface area contributed by atoms with Gasteiger partial charge in [-0.25, -0.2) is 0 Å². The van der Waals surface area contributed by atoms with Crippen LogP contribution < -0.4 is 5.32 Å². The lowest BCUT2D eigenvalue weighted by atomic mass is 9.99. The summed E-state index contributed by atoms with van der Waals surface area (Å²) in [4.78, 5) is 3.08. The Morgan fingerprint density at radius 2 is 2.11 bits per heavy atom. The van der Waals surface area contributed by atoms with Crippen LogP contribution in [0.4, 0.5) is 0 Å². The quantitative estimate of drug-likeness (QED) is 0.848. The van der Waals surface area contributed by atoms with E-state index in [1.165, 1.54) is 30.6 Å². The molecule has 1 unspecified atom stereocenters. The van der Waals surface area contributed by atoms with Crippen molar-refractivity contribution in [3.8, 4) is 0 Å². The van der Waals surface area contributed by atoms with E-state index in [4.69, 9.17) is 4.74 Å². The number of hydrogen-bond donors (Lipinski definition) is 1. The van der Waals surface area contributed by atoms with E-state index >= 15 is 0 Å². The molecule has 0 aliphatic heterocycles. The van der Waals surface area contributed by atoms with Crippen LogP contribution in [0, 0.1) is 0 Å². The van der Waals surface area contributed by atoms with E-state index in [1.54, 1.807) is 10.4 Å². The minimum Gasteiger partial charge on any atom is -0.377 e. The van der Waals surface area contributed by atoms with Crippen molar-refractivity contribution >= 4 is 11.3 Å². The molecule has 1 aromatic heterocycles. The van der Waals surface area contributed by atoms with Crippen molar-refractivity contribution in [1.82, 2.24) is 5.32 Å². The van der Waals surface area contributed by atoms with Gasteiger partial charge in [0.15, 0.2) is 0 Å². The molecule has 0 saturated heterocycles. The molecule has 2 rings (SSSR count). The largest absolute Gasteiger partial charge is 0.377 e. The maximum atomic E-state index is 5.79. The second kappa shape index (κ2) is 6.69. The van der Waals surface area contributed by atoms with E-state index in [1.807, 2.05) is 11.3 Å². The summed E-state index contributed by atoms with van der Waals surface area (Å²) >= 11 is 1.99. The minimum atomic E-state index is 0.306. The fourth-order valence-electron chi connectivity index (χ4n) is 2.46. The first-order valence-corrected chi connectivity index (χ1v) is 7.98. The standard InChI is InChI=1S/C15H25NOS/c1-4-16-13(10-17-11(2)3)15-9-12-7-5-6-8-14(12)18-15/h9,11,13,16H,4-8,10H2,1-3H3. The van der Waals surface area contributed by atoms with E-state index in [-0.39, 0.29) is 0 Å². The lowest BCUT2D eigenvalue weighted by molar-refractivity contribution is 0.0621. The van der Waals surface area contributed by atoms with Gasteiger partial charge in [-0.05, 0) is 57.7 Å². The van der Waals surface area contributed by atoms with Gasteiger partial charge in [-0.1, -0.05) is 6.92 Å². The molecule has 102 valence electrons. The summed E-state index contributed by atoms with van der Waals surface area (Å²) in [6.45, 7) is 8.14. The molecule has 1 aliphatic carbocycles. The zero-order chi connectivity index (χ0) is 13.0. The SMILES string of the molecule is CCNC(COC(C)C)c1cc2c(s1)CCCC2. The third-order valence-corrected chi connectivity index (χ3v) is 4.76. The molecule has 0 fully saturated rings. The van der Waals surface area contributed by atoms with Crippen LogP contribution in [0.15, 0.2) is 6.07 Å². The van der Waals surface area contributed by atoms with Crippen LogP contribution in [0.2, 0.25) is 0 Å². The van der Waals surface area contributed by atoms with Gasteiger partial charge in [0.25, 0.3) is 0 Å². The minimum absolute atomic E-state index is 0.306. The molecular weight excluding hydrogens is 242 g/mol. The Morgan fingerprint density at radius 1 is 1.33 bits per heavy atom. The lowest BCUT2D eigenvalue weighted by Crippen LogP contribution is -2.25. The van der Waals surface area contributed by atoms with Crippen LogP contribution in [-0.2, 0) is 17.6 Å². The molecule has 1 atom stereocenters. The van der Waals surface area contributed by atoms with E-state index < -0.39 is 0 Å². The maximum absolute atomic E-state index is 5.79. The topological polar surface area (TPSA) is 21.3 Å². The summed E-state index contributed by atoms with van der Waals surface area (Å²) in [5, 5.41) is 3.55. The van der Waals surface area contributed by atoms with Crippen LogP contribution in [-0.4, -0.2) is 19.3 Å². The first kappa shape index (κ1) is 14.0. The molecule has 0 bridgehead atoms. The molecule has 0 saturated carbocycles. The number of thiophene rings is 1. The van der Waals surface area contributed by atoms with Crippen LogP contribution in [0.25, 0.3) is 0 Å². The Morgan fingerprint density at radius 3 is 2.78 bits per heavy atom. The summed E-state index contributed by atoms with van der Waals surface area (Å²) in [7, 11) is 0. The Hall–Kier alpha value is -0.380. The summed E-state index contributed by atoms with van der Waals surface area (Å²) < 4.78 is 5.79. The van der Waals surface area contributed by atoms with E-state index in [2.05, 4.69) is 32.2 Å². The number of fused-ring (bicyclic) bond motifs is 1. The summed E-state index contributed by atoms with van der Waals surface area (Å²) in [6, 6.07) is 2.78. The normalized spacial score (nSPS) is 16.9. The molecule has 3 heteroatoms. The summed E-state index contributed by atoms with van der Waals surface area (Å²) in [5.74, 6) is 0. The van der Waals surface area contributed by atoms with Gasteiger partial charge in [0.2, 0.25) is 0 Å². The number of likely N-dealkylation sites (N-methyl/N-ethyl adjacent to an activating group) is 1. The average Bonchev–Trinajstić information content (AvgIpc) is 2.77. The molecule has 1 heterocycles. The lowest BCUT2D eigenvalue weighted by Gasteiger charge is -2.18. The monoisotopic (exact) mass is 267 g/mol. The Balaban J connectivity index is 2.06. The molecule has 1 N–H and O–H groups in total. The Kier molecular flexibility index (Phi) is 5.22. The highest BCUT2D eigenvalue weighted by atomic mass is 32.1. The van der Waals surface area contributed by atoms with Crippen molar-refractivity contribution in [1.29, 1.82) is 0 Å². The van der Waals surface area contributed by atoms with Crippen molar-refractivity contribution in [3.05, 3.63) is 21.4 Å². The van der Waals surface area contributed by atoms with Gasteiger partial charge in [-0.15, -0.1) is 11.3 Å². The number of rotatable bonds is 6. The number of nitrogens with one attached hydrogen (secondary N) is 1. The highest BCUT2D eigenvalue weighted by Crippen LogP contribution is 2.33. The summed E-state index contributed by atoms with van der Waals surface area (Å²) in [6.07, 6.45) is 5.58. The van der Waals surface area contributed by atoms with E-state index in [9.17, 15) is 0 Å². The summed E-state index contributed by atoms with van der Waals surface area (Å²) in [5.41, 5.74) is 1.59. The molecule has 18 heavy (non-hydrogen) atoms. The predicted molar refractivity (Wildman–Crippen MR) is 78.5 cm³/mol. The zero-order valence-electron chi connectivity index (χ0n) is 11.8. The number of aryl methyl sites for hydroxylation is 2. The second-order valence-electron chi connectivity index (χ2n) is 5.30. The number of hydrogen-bond acceptors (Lipinski definition) is 3.